The summed E-state index contributed by atoms with van der Waals surface area (Å²) in [5.41, 5.74) is 5.06. The highest BCUT2D eigenvalue weighted by molar-refractivity contribution is 5.93. The highest BCUT2D eigenvalue weighted by atomic mass is 14.9. The lowest BCUT2D eigenvalue weighted by atomic mass is 9.96. The number of aromatic nitrogens is 2. The Morgan fingerprint density at radius 3 is 2.62 bits per heavy atom. The summed E-state index contributed by atoms with van der Waals surface area (Å²) in [5.74, 6) is 0.548. The van der Waals surface area contributed by atoms with E-state index in [9.17, 15) is 0 Å². The molecule has 0 bridgehead atoms. The lowest BCUT2D eigenvalue weighted by Gasteiger charge is -2.10. The fourth-order valence-electron chi connectivity index (χ4n) is 2.80. The van der Waals surface area contributed by atoms with Crippen molar-refractivity contribution in [2.75, 3.05) is 0 Å². The van der Waals surface area contributed by atoms with Crippen molar-refractivity contribution in [2.24, 2.45) is 7.05 Å². The number of benzene rings is 1. The van der Waals surface area contributed by atoms with Gasteiger partial charge in [0.1, 0.15) is 7.05 Å². The number of hydrogen-bond donors (Lipinski definition) is 0. The van der Waals surface area contributed by atoms with E-state index in [0.29, 0.717) is 5.92 Å². The lowest BCUT2D eigenvalue weighted by Crippen LogP contribution is -2.30. The van der Waals surface area contributed by atoms with Gasteiger partial charge >= 0.3 is 0 Å². The molecule has 0 aliphatic heterocycles. The molecule has 0 spiro atoms. The molecular formula is C19H21N2+. The average molecular weight is 277 g/mol. The van der Waals surface area contributed by atoms with E-state index in [-0.39, 0.29) is 0 Å². The van der Waals surface area contributed by atoms with Crippen molar-refractivity contribution in [1.29, 1.82) is 0 Å². The fraction of sp³-hybridized carbons (Fsp3) is 0.263. The Hall–Kier alpha value is -2.22. The molecule has 0 radical (unpaired) electrons. The SMILES string of the molecule is Cc1ccncc1-c1c2ccc(C(C)C)cc2cc[n+]1C. The summed E-state index contributed by atoms with van der Waals surface area (Å²) in [4.78, 5) is 4.30. The van der Waals surface area contributed by atoms with Crippen LogP contribution in [0.2, 0.25) is 0 Å². The molecule has 21 heavy (non-hydrogen) atoms. The standard InChI is InChI=1S/C19H21N2/c1-13(2)15-5-6-17-16(11-15)8-10-21(4)19(17)18-12-20-9-7-14(18)3/h5-13H,1-4H3/q+1. The van der Waals surface area contributed by atoms with E-state index in [1.165, 1.54) is 33.2 Å². The summed E-state index contributed by atoms with van der Waals surface area (Å²) >= 11 is 0. The van der Waals surface area contributed by atoms with Crippen LogP contribution in [0.5, 0.6) is 0 Å². The molecule has 0 saturated carbocycles. The Bertz CT molecular complexity index is 804. The Morgan fingerprint density at radius 1 is 1.10 bits per heavy atom. The summed E-state index contributed by atoms with van der Waals surface area (Å²) in [6.45, 7) is 6.60. The third-order valence-electron chi connectivity index (χ3n) is 4.12. The van der Waals surface area contributed by atoms with Crippen molar-refractivity contribution in [3.05, 3.63) is 60.0 Å². The first kappa shape index (κ1) is 13.7. The first-order valence-electron chi connectivity index (χ1n) is 7.41. The van der Waals surface area contributed by atoms with E-state index in [1.54, 1.807) is 0 Å². The molecule has 2 nitrogen and oxygen atoms in total. The third-order valence-corrected chi connectivity index (χ3v) is 4.12. The number of fused-ring (bicyclic) bond motifs is 1. The molecule has 0 aliphatic rings. The van der Waals surface area contributed by atoms with E-state index in [4.69, 9.17) is 0 Å². The van der Waals surface area contributed by atoms with Gasteiger partial charge in [0.05, 0.1) is 10.9 Å². The second kappa shape index (κ2) is 5.28. The molecule has 0 saturated heterocycles. The Balaban J connectivity index is 2.32. The maximum Gasteiger partial charge on any atom is 0.221 e. The van der Waals surface area contributed by atoms with Crippen LogP contribution >= 0.6 is 0 Å². The number of pyridine rings is 2. The highest BCUT2D eigenvalue weighted by Crippen LogP contribution is 2.29. The van der Waals surface area contributed by atoms with Gasteiger partial charge in [-0.3, -0.25) is 4.98 Å². The molecule has 3 rings (SSSR count). The molecule has 3 aromatic rings. The zero-order chi connectivity index (χ0) is 15.0. The van der Waals surface area contributed by atoms with Crippen LogP contribution in [0, 0.1) is 6.92 Å². The second-order valence-corrected chi connectivity index (χ2v) is 5.97. The van der Waals surface area contributed by atoms with Crippen molar-refractivity contribution in [1.82, 2.24) is 4.98 Å². The maximum atomic E-state index is 4.30. The molecule has 0 amide bonds. The van der Waals surface area contributed by atoms with E-state index < -0.39 is 0 Å². The Morgan fingerprint density at radius 2 is 1.90 bits per heavy atom. The smallest absolute Gasteiger partial charge is 0.221 e. The second-order valence-electron chi connectivity index (χ2n) is 5.97. The Labute approximate surface area is 126 Å². The highest BCUT2D eigenvalue weighted by Gasteiger charge is 2.17. The van der Waals surface area contributed by atoms with Gasteiger partial charge in [0, 0.05) is 18.5 Å². The molecule has 2 heterocycles. The van der Waals surface area contributed by atoms with Crippen molar-refractivity contribution in [3.63, 3.8) is 0 Å². The third kappa shape index (κ3) is 2.42. The monoisotopic (exact) mass is 277 g/mol. The minimum atomic E-state index is 0.548. The van der Waals surface area contributed by atoms with Gasteiger partial charge in [0.2, 0.25) is 5.69 Å². The fourth-order valence-corrected chi connectivity index (χ4v) is 2.80. The van der Waals surface area contributed by atoms with Gasteiger partial charge < -0.3 is 0 Å². The van der Waals surface area contributed by atoms with E-state index >= 15 is 0 Å². The van der Waals surface area contributed by atoms with E-state index in [0.717, 1.165) is 0 Å². The minimum Gasteiger partial charge on any atom is -0.264 e. The van der Waals surface area contributed by atoms with E-state index in [2.05, 4.69) is 73.9 Å². The summed E-state index contributed by atoms with van der Waals surface area (Å²) in [6.07, 6.45) is 5.94. The number of aryl methyl sites for hydroxylation is 2. The van der Waals surface area contributed by atoms with Gasteiger partial charge in [-0.1, -0.05) is 26.0 Å². The lowest BCUT2D eigenvalue weighted by molar-refractivity contribution is -0.659. The molecule has 1 aromatic carbocycles. The normalized spacial score (nSPS) is 11.3. The average Bonchev–Trinajstić information content (AvgIpc) is 2.48. The first-order chi connectivity index (χ1) is 10.1. The van der Waals surface area contributed by atoms with Gasteiger partial charge in [-0.15, -0.1) is 0 Å². The quantitative estimate of drug-likeness (QED) is 0.643. The van der Waals surface area contributed by atoms with Gasteiger partial charge in [-0.05, 0) is 41.5 Å². The van der Waals surface area contributed by atoms with Crippen LogP contribution in [0.25, 0.3) is 22.0 Å². The van der Waals surface area contributed by atoms with Crippen molar-refractivity contribution in [2.45, 2.75) is 26.7 Å². The zero-order valence-corrected chi connectivity index (χ0v) is 13.1. The Kier molecular flexibility index (Phi) is 3.46. The van der Waals surface area contributed by atoms with Crippen LogP contribution < -0.4 is 4.57 Å². The van der Waals surface area contributed by atoms with Crippen LogP contribution in [0.4, 0.5) is 0 Å². The van der Waals surface area contributed by atoms with Crippen molar-refractivity contribution < 1.29 is 4.57 Å². The van der Waals surface area contributed by atoms with Gasteiger partial charge in [0.15, 0.2) is 6.20 Å². The first-order valence-corrected chi connectivity index (χ1v) is 7.41. The van der Waals surface area contributed by atoms with Gasteiger partial charge in [0.25, 0.3) is 0 Å². The molecule has 2 heteroatoms. The molecule has 0 unspecified atom stereocenters. The zero-order valence-electron chi connectivity index (χ0n) is 13.1. The molecule has 0 aliphatic carbocycles. The number of hydrogen-bond acceptors (Lipinski definition) is 1. The van der Waals surface area contributed by atoms with Crippen LogP contribution in [0.1, 0.15) is 30.9 Å². The van der Waals surface area contributed by atoms with Gasteiger partial charge in [-0.25, -0.2) is 4.57 Å². The predicted octanol–water partition coefficient (Wildman–Crippen LogP) is 4.16. The largest absolute Gasteiger partial charge is 0.264 e. The molecule has 0 atom stereocenters. The van der Waals surface area contributed by atoms with Gasteiger partial charge in [-0.2, -0.15) is 0 Å². The summed E-state index contributed by atoms with van der Waals surface area (Å²) < 4.78 is 2.18. The van der Waals surface area contributed by atoms with Crippen molar-refractivity contribution in [3.8, 4) is 11.3 Å². The van der Waals surface area contributed by atoms with Crippen molar-refractivity contribution >= 4 is 10.8 Å². The summed E-state index contributed by atoms with van der Waals surface area (Å²) in [5, 5.41) is 2.57. The topological polar surface area (TPSA) is 16.8 Å². The molecule has 2 aromatic heterocycles. The number of nitrogens with zero attached hydrogens (tertiary/aromatic N) is 2. The minimum absolute atomic E-state index is 0.548. The molecule has 0 fully saturated rings. The maximum absolute atomic E-state index is 4.30. The molecule has 0 N–H and O–H groups in total. The van der Waals surface area contributed by atoms with Crippen LogP contribution in [-0.4, -0.2) is 4.98 Å². The molecule has 106 valence electrons. The van der Waals surface area contributed by atoms with Crippen LogP contribution in [-0.2, 0) is 7.05 Å². The van der Waals surface area contributed by atoms with E-state index in [1.807, 2.05) is 12.4 Å². The summed E-state index contributed by atoms with van der Waals surface area (Å²) in [6, 6.07) is 11.0. The van der Waals surface area contributed by atoms with Crippen LogP contribution in [0.3, 0.4) is 0 Å². The molecular weight excluding hydrogens is 256 g/mol. The predicted molar refractivity (Wildman–Crippen MR) is 87.2 cm³/mol. The summed E-state index contributed by atoms with van der Waals surface area (Å²) in [7, 11) is 2.09. The van der Waals surface area contributed by atoms with Crippen LogP contribution in [0.15, 0.2) is 48.9 Å². The number of rotatable bonds is 2.